The third-order valence-electron chi connectivity index (χ3n) is 6.05. The number of hydrogen-bond acceptors (Lipinski definition) is 3. The van der Waals surface area contributed by atoms with Gasteiger partial charge in [0.05, 0.1) is 6.10 Å². The van der Waals surface area contributed by atoms with Gasteiger partial charge in [0.1, 0.15) is 0 Å². The summed E-state index contributed by atoms with van der Waals surface area (Å²) >= 11 is 0. The van der Waals surface area contributed by atoms with Crippen LogP contribution in [0.25, 0.3) is 0 Å². The van der Waals surface area contributed by atoms with Crippen molar-refractivity contribution in [2.75, 3.05) is 32.7 Å². The Morgan fingerprint density at radius 1 is 0.917 bits per heavy atom. The lowest BCUT2D eigenvalue weighted by atomic mass is 9.93. The summed E-state index contributed by atoms with van der Waals surface area (Å²) in [6, 6.07) is 0.379. The number of rotatable bonds is 3. The normalized spacial score (nSPS) is 33.0. The minimum absolute atomic E-state index is 0.122. The first-order chi connectivity index (χ1) is 11.7. The Kier molecular flexibility index (Phi) is 6.78. The lowest BCUT2D eigenvalue weighted by Crippen LogP contribution is -2.51. The molecule has 1 saturated carbocycles. The van der Waals surface area contributed by atoms with E-state index in [4.69, 9.17) is 0 Å². The summed E-state index contributed by atoms with van der Waals surface area (Å²) in [5.41, 5.74) is 0. The number of hydrogen-bond donors (Lipinski definition) is 2. The highest BCUT2D eigenvalue weighted by atomic mass is 16.3. The molecule has 5 nitrogen and oxygen atoms in total. The number of piperidine rings is 1. The van der Waals surface area contributed by atoms with Crippen molar-refractivity contribution < 1.29 is 9.90 Å². The largest absolute Gasteiger partial charge is 0.393 e. The molecule has 3 fully saturated rings. The lowest BCUT2D eigenvalue weighted by molar-refractivity contribution is 0.110. The number of carbonyl (C=O) groups is 1. The van der Waals surface area contributed by atoms with Gasteiger partial charge in [-0.05, 0) is 70.4 Å². The van der Waals surface area contributed by atoms with Crippen LogP contribution in [0.3, 0.4) is 0 Å². The molecule has 0 spiro atoms. The van der Waals surface area contributed by atoms with Gasteiger partial charge in [0.2, 0.25) is 0 Å². The molecule has 0 aromatic rings. The molecule has 0 aromatic heterocycles. The Balaban J connectivity index is 1.43. The molecule has 2 aliphatic heterocycles. The van der Waals surface area contributed by atoms with Crippen LogP contribution in [0, 0.1) is 5.92 Å². The van der Waals surface area contributed by atoms with Crippen molar-refractivity contribution in [2.45, 2.75) is 76.4 Å². The number of likely N-dealkylation sites (tertiary alicyclic amines) is 2. The average Bonchev–Trinajstić information content (AvgIpc) is 2.86. The first-order valence-electron chi connectivity index (χ1n) is 10.2. The molecule has 1 aliphatic carbocycles. The molecule has 2 N–H and O–H groups in total. The SMILES string of the molecule is O=C(NC1CCC(O)CC1)N1CCC[C@H](CN2CCCCCC2)C1. The molecule has 2 amide bonds. The fraction of sp³-hybridized carbons (Fsp3) is 0.947. The summed E-state index contributed by atoms with van der Waals surface area (Å²) in [5, 5.41) is 12.8. The van der Waals surface area contributed by atoms with Crippen LogP contribution in [0.4, 0.5) is 4.79 Å². The van der Waals surface area contributed by atoms with Gasteiger partial charge in [0, 0.05) is 25.7 Å². The molecule has 138 valence electrons. The van der Waals surface area contributed by atoms with Crippen molar-refractivity contribution in [2.24, 2.45) is 5.92 Å². The zero-order valence-corrected chi connectivity index (χ0v) is 15.1. The third-order valence-corrected chi connectivity index (χ3v) is 6.05. The summed E-state index contributed by atoms with van der Waals surface area (Å²) in [5.74, 6) is 0.635. The van der Waals surface area contributed by atoms with Crippen LogP contribution in [0.5, 0.6) is 0 Å². The Labute approximate surface area is 146 Å². The van der Waals surface area contributed by atoms with Crippen molar-refractivity contribution in [3.05, 3.63) is 0 Å². The van der Waals surface area contributed by atoms with E-state index in [1.807, 2.05) is 4.90 Å². The molecule has 3 rings (SSSR count). The molecule has 24 heavy (non-hydrogen) atoms. The fourth-order valence-electron chi connectivity index (χ4n) is 4.57. The van der Waals surface area contributed by atoms with Crippen molar-refractivity contribution in [3.8, 4) is 0 Å². The summed E-state index contributed by atoms with van der Waals surface area (Å²) in [4.78, 5) is 17.2. The number of aliphatic hydroxyl groups is 1. The number of nitrogens with zero attached hydrogens (tertiary/aromatic N) is 2. The second-order valence-electron chi connectivity index (χ2n) is 8.12. The topological polar surface area (TPSA) is 55.8 Å². The highest BCUT2D eigenvalue weighted by Gasteiger charge is 2.28. The molecule has 0 radical (unpaired) electrons. The van der Waals surface area contributed by atoms with Crippen molar-refractivity contribution >= 4 is 6.03 Å². The maximum atomic E-state index is 12.6. The molecule has 0 unspecified atom stereocenters. The highest BCUT2D eigenvalue weighted by Crippen LogP contribution is 2.22. The molecule has 0 aromatic carbocycles. The minimum atomic E-state index is -0.161. The third kappa shape index (κ3) is 5.35. The van der Waals surface area contributed by atoms with E-state index >= 15 is 0 Å². The Hall–Kier alpha value is -0.810. The second-order valence-corrected chi connectivity index (χ2v) is 8.12. The van der Waals surface area contributed by atoms with Crippen LogP contribution in [0.2, 0.25) is 0 Å². The van der Waals surface area contributed by atoms with Gasteiger partial charge in [-0.3, -0.25) is 0 Å². The van der Waals surface area contributed by atoms with Crippen molar-refractivity contribution in [1.82, 2.24) is 15.1 Å². The van der Waals surface area contributed by atoms with E-state index in [-0.39, 0.29) is 18.2 Å². The van der Waals surface area contributed by atoms with E-state index in [1.54, 1.807) is 0 Å². The number of aliphatic hydroxyl groups excluding tert-OH is 1. The van der Waals surface area contributed by atoms with Crippen molar-refractivity contribution in [3.63, 3.8) is 0 Å². The standard InChI is InChI=1S/C19H35N3O2/c23-18-9-7-17(8-10-18)20-19(24)22-13-5-6-16(15-22)14-21-11-3-1-2-4-12-21/h16-18,23H,1-15H2,(H,20,24)/t16-,17?,18?/m1/s1. The van der Waals surface area contributed by atoms with Gasteiger partial charge in [-0.1, -0.05) is 12.8 Å². The van der Waals surface area contributed by atoms with E-state index in [0.717, 1.165) is 45.2 Å². The Morgan fingerprint density at radius 3 is 2.33 bits per heavy atom. The predicted molar refractivity (Wildman–Crippen MR) is 96.0 cm³/mol. The molecule has 2 saturated heterocycles. The van der Waals surface area contributed by atoms with Crippen LogP contribution in [0.15, 0.2) is 0 Å². The maximum Gasteiger partial charge on any atom is 0.317 e. The minimum Gasteiger partial charge on any atom is -0.393 e. The van der Waals surface area contributed by atoms with Gasteiger partial charge in [-0.25, -0.2) is 4.79 Å². The first-order valence-corrected chi connectivity index (χ1v) is 10.2. The molecular formula is C19H35N3O2. The quantitative estimate of drug-likeness (QED) is 0.832. The van der Waals surface area contributed by atoms with Crippen LogP contribution in [-0.4, -0.2) is 65.8 Å². The summed E-state index contributed by atoms with van der Waals surface area (Å²) in [7, 11) is 0. The smallest absolute Gasteiger partial charge is 0.317 e. The van der Waals surface area contributed by atoms with Crippen LogP contribution >= 0.6 is 0 Å². The maximum absolute atomic E-state index is 12.6. The van der Waals surface area contributed by atoms with E-state index in [1.165, 1.54) is 51.7 Å². The van der Waals surface area contributed by atoms with Gasteiger partial charge in [-0.2, -0.15) is 0 Å². The van der Waals surface area contributed by atoms with Crippen LogP contribution in [-0.2, 0) is 0 Å². The van der Waals surface area contributed by atoms with E-state index in [9.17, 15) is 9.90 Å². The molecule has 5 heteroatoms. The summed E-state index contributed by atoms with van der Waals surface area (Å²) in [6.07, 6.45) is 11.1. The molecular weight excluding hydrogens is 302 g/mol. The van der Waals surface area contributed by atoms with E-state index < -0.39 is 0 Å². The number of amides is 2. The number of nitrogens with one attached hydrogen (secondary N) is 1. The molecule has 3 aliphatic rings. The zero-order chi connectivity index (χ0) is 16.8. The molecule has 2 heterocycles. The molecule has 0 bridgehead atoms. The summed E-state index contributed by atoms with van der Waals surface area (Å²) in [6.45, 7) is 5.47. The Bertz CT molecular complexity index is 388. The predicted octanol–water partition coefficient (Wildman–Crippen LogP) is 2.59. The monoisotopic (exact) mass is 337 g/mol. The fourth-order valence-corrected chi connectivity index (χ4v) is 4.57. The van der Waals surface area contributed by atoms with Crippen LogP contribution < -0.4 is 5.32 Å². The van der Waals surface area contributed by atoms with E-state index in [2.05, 4.69) is 10.2 Å². The van der Waals surface area contributed by atoms with Gasteiger partial charge in [0.25, 0.3) is 0 Å². The number of carbonyl (C=O) groups excluding carboxylic acids is 1. The average molecular weight is 338 g/mol. The summed E-state index contributed by atoms with van der Waals surface area (Å²) < 4.78 is 0. The lowest BCUT2D eigenvalue weighted by Gasteiger charge is -2.37. The van der Waals surface area contributed by atoms with Gasteiger partial charge in [-0.15, -0.1) is 0 Å². The van der Waals surface area contributed by atoms with Gasteiger partial charge >= 0.3 is 6.03 Å². The Morgan fingerprint density at radius 2 is 1.62 bits per heavy atom. The van der Waals surface area contributed by atoms with Gasteiger partial charge in [0.15, 0.2) is 0 Å². The van der Waals surface area contributed by atoms with E-state index in [0.29, 0.717) is 5.92 Å². The van der Waals surface area contributed by atoms with Gasteiger partial charge < -0.3 is 20.2 Å². The highest BCUT2D eigenvalue weighted by molar-refractivity contribution is 5.74. The second kappa shape index (κ2) is 9.04. The molecule has 1 atom stereocenters. The van der Waals surface area contributed by atoms with Crippen LogP contribution in [0.1, 0.15) is 64.2 Å². The number of urea groups is 1. The zero-order valence-electron chi connectivity index (χ0n) is 15.1. The van der Waals surface area contributed by atoms with Crippen molar-refractivity contribution in [1.29, 1.82) is 0 Å². The first kappa shape index (κ1) is 18.0.